The second-order valence-electron chi connectivity index (χ2n) is 6.91. The Balaban J connectivity index is 2.03. The fourth-order valence-electron chi connectivity index (χ4n) is 2.76. The summed E-state index contributed by atoms with van der Waals surface area (Å²) in [6.07, 6.45) is -4.77. The molecule has 0 spiro atoms. The quantitative estimate of drug-likeness (QED) is 0.147. The van der Waals surface area contributed by atoms with Crippen LogP contribution in [0.3, 0.4) is 0 Å². The number of hydrogen-bond donors (Lipinski definition) is 4. The van der Waals surface area contributed by atoms with Crippen LogP contribution >= 0.6 is 0 Å². The van der Waals surface area contributed by atoms with E-state index in [-0.39, 0.29) is 25.6 Å². The number of ether oxygens (including phenoxy) is 1. The second-order valence-corrected chi connectivity index (χ2v) is 8.59. The number of guanidine groups is 1. The summed E-state index contributed by atoms with van der Waals surface area (Å²) in [5, 5.41) is 12.8. The summed E-state index contributed by atoms with van der Waals surface area (Å²) in [7, 11) is -4.78. The van der Waals surface area contributed by atoms with Crippen molar-refractivity contribution in [2.75, 3.05) is 13.2 Å². The van der Waals surface area contributed by atoms with Gasteiger partial charge in [-0.15, -0.1) is 0 Å². The highest BCUT2D eigenvalue weighted by atomic mass is 32.2. The van der Waals surface area contributed by atoms with Gasteiger partial charge in [-0.1, -0.05) is 24.3 Å². The highest BCUT2D eigenvalue weighted by molar-refractivity contribution is 7.89. The molecule has 0 saturated carbocycles. The highest BCUT2D eigenvalue weighted by Crippen LogP contribution is 2.34. The van der Waals surface area contributed by atoms with Gasteiger partial charge in [-0.3, -0.25) is 4.79 Å². The summed E-state index contributed by atoms with van der Waals surface area (Å²) in [5.74, 6) is -1.30. The fraction of sp³-hybridized carbons (Fsp3) is 0.300. The number of carboxylic acids is 1. The average Bonchev–Trinajstić information content (AvgIpc) is 2.76. The number of benzene rings is 2. The molecule has 0 aliphatic rings. The van der Waals surface area contributed by atoms with Gasteiger partial charge >= 0.3 is 12.1 Å². The number of halogens is 3. The smallest absolute Gasteiger partial charge is 0.417 e. The average molecular weight is 504 g/mol. The Hall–Kier alpha value is -3.52. The zero-order chi connectivity index (χ0) is 25.4. The molecule has 0 heterocycles. The van der Waals surface area contributed by atoms with Crippen LogP contribution in [-0.2, 0) is 32.3 Å². The Kier molecular flexibility index (Phi) is 9.09. The normalized spacial score (nSPS) is 12.6. The van der Waals surface area contributed by atoms with Crippen LogP contribution in [0.25, 0.3) is 0 Å². The molecule has 0 unspecified atom stereocenters. The third-order valence-corrected chi connectivity index (χ3v) is 5.79. The van der Waals surface area contributed by atoms with E-state index >= 15 is 0 Å². The maximum Gasteiger partial charge on any atom is 0.417 e. The summed E-state index contributed by atoms with van der Waals surface area (Å²) in [5.41, 5.74) is 9.24. The lowest BCUT2D eigenvalue weighted by atomic mass is 10.1. The molecule has 10 nitrogen and oxygen atoms in total. The maximum absolute atomic E-state index is 13.2. The predicted molar refractivity (Wildman–Crippen MR) is 115 cm³/mol. The predicted octanol–water partition coefficient (Wildman–Crippen LogP) is 1.65. The minimum absolute atomic E-state index is 0.206. The lowest BCUT2D eigenvalue weighted by Gasteiger charge is -2.18. The molecule has 186 valence electrons. The molecule has 0 aromatic heterocycles. The van der Waals surface area contributed by atoms with Gasteiger partial charge in [0.15, 0.2) is 0 Å². The molecule has 14 heteroatoms. The molecule has 0 radical (unpaired) electrons. The molecule has 0 saturated heterocycles. The van der Waals surface area contributed by atoms with Crippen LogP contribution in [0.4, 0.5) is 13.2 Å². The number of alkyl halides is 3. The molecule has 0 amide bonds. The van der Waals surface area contributed by atoms with Crippen LogP contribution in [0.15, 0.2) is 58.6 Å². The van der Waals surface area contributed by atoms with E-state index in [0.717, 1.165) is 18.2 Å². The Labute approximate surface area is 193 Å². The van der Waals surface area contributed by atoms with Crippen LogP contribution in [0, 0.1) is 0 Å². The number of carbonyl (C=O) groups is 1. The fourth-order valence-corrected chi connectivity index (χ4v) is 4.17. The van der Waals surface area contributed by atoms with E-state index < -0.39 is 38.7 Å². The number of hydrogen-bond acceptors (Lipinski definition) is 6. The summed E-state index contributed by atoms with van der Waals surface area (Å²) >= 11 is 0. The first-order chi connectivity index (χ1) is 15.9. The van der Waals surface area contributed by atoms with Crippen molar-refractivity contribution >= 4 is 22.0 Å². The maximum atomic E-state index is 13.2. The first kappa shape index (κ1) is 26.7. The Morgan fingerprint density at radius 2 is 1.74 bits per heavy atom. The zero-order valence-corrected chi connectivity index (χ0v) is 18.5. The van der Waals surface area contributed by atoms with E-state index in [0.29, 0.717) is 23.8 Å². The minimum Gasteiger partial charge on any atom is -0.493 e. The first-order valence-electron chi connectivity index (χ1n) is 9.74. The molecule has 0 bridgehead atoms. The Bertz CT molecular complexity index is 1100. The molecular formula is C20H23F3N4O6S. The van der Waals surface area contributed by atoms with Crippen molar-refractivity contribution in [2.24, 2.45) is 16.6 Å². The highest BCUT2D eigenvalue weighted by Gasteiger charge is 2.38. The van der Waals surface area contributed by atoms with Gasteiger partial charge in [0, 0.05) is 6.42 Å². The van der Waals surface area contributed by atoms with Gasteiger partial charge in [-0.25, -0.2) is 8.42 Å². The third-order valence-electron chi connectivity index (χ3n) is 4.26. The van der Waals surface area contributed by atoms with Gasteiger partial charge in [0.1, 0.15) is 18.4 Å². The summed E-state index contributed by atoms with van der Waals surface area (Å²) in [6, 6.07) is 7.93. The van der Waals surface area contributed by atoms with Crippen molar-refractivity contribution in [2.45, 2.75) is 30.0 Å². The molecule has 1 atom stereocenters. The number of sulfonamides is 1. The van der Waals surface area contributed by atoms with Gasteiger partial charge in [0.25, 0.3) is 0 Å². The second kappa shape index (κ2) is 11.6. The number of carboxylic acid groups (broad SMARTS) is 1. The van der Waals surface area contributed by atoms with Gasteiger partial charge in [0.05, 0.1) is 17.1 Å². The lowest BCUT2D eigenvalue weighted by molar-refractivity contribution is -0.140. The molecule has 2 rings (SSSR count). The molecule has 34 heavy (non-hydrogen) atoms. The minimum atomic E-state index is -4.93. The van der Waals surface area contributed by atoms with Crippen molar-refractivity contribution in [1.82, 2.24) is 4.72 Å². The summed E-state index contributed by atoms with van der Waals surface area (Å²) < 4.78 is 72.0. The van der Waals surface area contributed by atoms with E-state index in [1.54, 1.807) is 12.1 Å². The largest absolute Gasteiger partial charge is 0.493 e. The Morgan fingerprint density at radius 3 is 2.32 bits per heavy atom. The van der Waals surface area contributed by atoms with Crippen LogP contribution in [0.5, 0.6) is 5.75 Å². The molecule has 0 aliphatic heterocycles. The summed E-state index contributed by atoms with van der Waals surface area (Å²) in [6.45, 7) is 0.489. The van der Waals surface area contributed by atoms with E-state index in [2.05, 4.69) is 5.16 Å². The van der Waals surface area contributed by atoms with E-state index in [1.165, 1.54) is 12.1 Å². The van der Waals surface area contributed by atoms with Crippen molar-refractivity contribution in [3.63, 3.8) is 0 Å². The van der Waals surface area contributed by atoms with Gasteiger partial charge in [-0.05, 0) is 41.4 Å². The van der Waals surface area contributed by atoms with E-state index in [4.69, 9.17) is 21.0 Å². The number of aliphatic carboxylic acids is 1. The van der Waals surface area contributed by atoms with Crippen molar-refractivity contribution in [3.05, 3.63) is 59.7 Å². The van der Waals surface area contributed by atoms with E-state index in [1.807, 2.05) is 4.72 Å². The molecule has 0 aliphatic carbocycles. The van der Waals surface area contributed by atoms with Crippen LogP contribution < -0.4 is 20.9 Å². The van der Waals surface area contributed by atoms with Crippen LogP contribution in [-0.4, -0.2) is 44.7 Å². The SMILES string of the molecule is NC(N)=NOCCCOc1ccc(C[C@H](NS(=O)(=O)c2ccccc2C(F)(F)F)C(=O)O)cc1. The number of nitrogens with zero attached hydrogens (tertiary/aromatic N) is 1. The monoisotopic (exact) mass is 504 g/mol. The topological polar surface area (TPSA) is 166 Å². The summed E-state index contributed by atoms with van der Waals surface area (Å²) in [4.78, 5) is 15.4. The number of nitrogens with two attached hydrogens (primary N) is 2. The lowest BCUT2D eigenvalue weighted by Crippen LogP contribution is -2.42. The Morgan fingerprint density at radius 1 is 1.09 bits per heavy atom. The van der Waals surface area contributed by atoms with Crippen molar-refractivity contribution in [3.8, 4) is 5.75 Å². The number of nitrogens with one attached hydrogen (secondary N) is 1. The molecule has 2 aromatic rings. The zero-order valence-electron chi connectivity index (χ0n) is 17.7. The van der Waals surface area contributed by atoms with Gasteiger partial charge in [0.2, 0.25) is 16.0 Å². The molecule has 2 aromatic carbocycles. The first-order valence-corrected chi connectivity index (χ1v) is 11.2. The molecule has 6 N–H and O–H groups in total. The molecular weight excluding hydrogens is 481 g/mol. The van der Waals surface area contributed by atoms with Crippen molar-refractivity contribution in [1.29, 1.82) is 0 Å². The standard InChI is InChI=1S/C20H23F3N4O6S/c21-20(22,23)15-4-1-2-5-17(15)34(30,31)27-16(18(28)29)12-13-6-8-14(9-7-13)32-10-3-11-33-26-19(24)25/h1-2,4-9,16,27H,3,10-12H2,(H,28,29)(H4,24,25,26)/t16-/m0/s1. The van der Waals surface area contributed by atoms with Gasteiger partial charge in [-0.2, -0.15) is 17.9 Å². The van der Waals surface area contributed by atoms with Crippen LogP contribution in [0.2, 0.25) is 0 Å². The number of rotatable bonds is 12. The molecule has 0 fully saturated rings. The van der Waals surface area contributed by atoms with Gasteiger partial charge < -0.3 is 26.1 Å². The number of oxime groups is 1. The van der Waals surface area contributed by atoms with Crippen LogP contribution in [0.1, 0.15) is 17.5 Å². The van der Waals surface area contributed by atoms with Crippen molar-refractivity contribution < 1.29 is 41.1 Å². The van der Waals surface area contributed by atoms with E-state index in [9.17, 15) is 31.5 Å². The third kappa shape index (κ3) is 8.12.